The first-order valence-corrected chi connectivity index (χ1v) is 5.07. The number of methoxy groups -OCH3 is 1. The molecule has 0 fully saturated rings. The van der Waals surface area contributed by atoms with Crippen molar-refractivity contribution < 1.29 is 18.7 Å². The Hall–Kier alpha value is -2.11. The molecule has 90 valence electrons. The van der Waals surface area contributed by atoms with Gasteiger partial charge in [-0.1, -0.05) is 0 Å². The van der Waals surface area contributed by atoms with Crippen molar-refractivity contribution in [3.8, 4) is 0 Å². The van der Waals surface area contributed by atoms with E-state index in [-0.39, 0.29) is 11.5 Å². The molecule has 6 heteroatoms. The van der Waals surface area contributed by atoms with Crippen LogP contribution >= 0.6 is 0 Å². The first kappa shape index (κ1) is 11.4. The van der Waals surface area contributed by atoms with Crippen molar-refractivity contribution in [2.45, 2.75) is 6.42 Å². The lowest BCUT2D eigenvalue weighted by Crippen LogP contribution is -2.11. The summed E-state index contributed by atoms with van der Waals surface area (Å²) in [5.74, 6) is -1.64. The summed E-state index contributed by atoms with van der Waals surface area (Å²) in [6.07, 6.45) is 0.295. The highest BCUT2D eigenvalue weighted by Crippen LogP contribution is 2.28. The van der Waals surface area contributed by atoms with Crippen molar-refractivity contribution in [1.82, 2.24) is 0 Å². The fraction of sp³-hybridized carbons (Fsp3) is 0.273. The van der Waals surface area contributed by atoms with Gasteiger partial charge in [-0.15, -0.1) is 0 Å². The molecule has 1 aliphatic rings. The zero-order valence-electron chi connectivity index (χ0n) is 9.17. The Morgan fingerprint density at radius 1 is 1.41 bits per heavy atom. The van der Waals surface area contributed by atoms with Gasteiger partial charge in [-0.3, -0.25) is 4.79 Å². The number of nitrogens with one attached hydrogen (secondary N) is 2. The molecule has 0 saturated heterocycles. The molecule has 17 heavy (non-hydrogen) atoms. The van der Waals surface area contributed by atoms with Crippen LogP contribution in [0.1, 0.15) is 16.8 Å². The van der Waals surface area contributed by atoms with Gasteiger partial charge in [-0.05, 0) is 12.1 Å². The van der Waals surface area contributed by atoms with Crippen LogP contribution in [-0.4, -0.2) is 25.5 Å². The van der Waals surface area contributed by atoms with E-state index >= 15 is 0 Å². The second-order valence-corrected chi connectivity index (χ2v) is 3.59. The Kier molecular flexibility index (Phi) is 2.95. The number of carbonyl (C=O) groups is 2. The predicted molar refractivity (Wildman–Crippen MR) is 59.5 cm³/mol. The van der Waals surface area contributed by atoms with E-state index in [2.05, 4.69) is 15.4 Å². The molecule has 0 saturated carbocycles. The number of amides is 1. The van der Waals surface area contributed by atoms with Gasteiger partial charge in [0.15, 0.2) is 0 Å². The fourth-order valence-electron chi connectivity index (χ4n) is 1.61. The first-order valence-electron chi connectivity index (χ1n) is 5.07. The van der Waals surface area contributed by atoms with Gasteiger partial charge in [-0.25, -0.2) is 9.18 Å². The molecule has 5 nitrogen and oxygen atoms in total. The van der Waals surface area contributed by atoms with Crippen molar-refractivity contribution in [2.24, 2.45) is 0 Å². The van der Waals surface area contributed by atoms with E-state index < -0.39 is 11.8 Å². The minimum atomic E-state index is -0.774. The maximum absolute atomic E-state index is 13.6. The number of hydrogen-bond donors (Lipinski definition) is 2. The van der Waals surface area contributed by atoms with Crippen molar-refractivity contribution in [1.29, 1.82) is 0 Å². The standard InChI is InChI=1S/C11H11FN2O3/c1-17-11(16)6-4-9-8(5-7(6)12)13-3-2-10(15)14-9/h4-5,13H,2-3H2,1H3,(H,14,15). The number of ether oxygens (including phenoxy) is 1. The first-order chi connectivity index (χ1) is 8.11. The molecule has 1 heterocycles. The molecule has 1 aromatic rings. The number of carbonyl (C=O) groups excluding carboxylic acids is 2. The van der Waals surface area contributed by atoms with Crippen LogP contribution in [0.25, 0.3) is 0 Å². The number of esters is 1. The molecule has 1 aliphatic heterocycles. The molecule has 1 aromatic carbocycles. The minimum absolute atomic E-state index is 0.182. The summed E-state index contributed by atoms with van der Waals surface area (Å²) in [5, 5.41) is 5.50. The Labute approximate surface area is 97.0 Å². The Bertz CT molecular complexity index is 488. The highest BCUT2D eigenvalue weighted by molar-refractivity contribution is 5.99. The summed E-state index contributed by atoms with van der Waals surface area (Å²) in [4.78, 5) is 22.6. The molecule has 0 atom stereocenters. The summed E-state index contributed by atoms with van der Waals surface area (Å²) in [7, 11) is 1.17. The average molecular weight is 238 g/mol. The minimum Gasteiger partial charge on any atom is -0.465 e. The molecule has 2 N–H and O–H groups in total. The SMILES string of the molecule is COC(=O)c1cc2c(cc1F)NCCC(=O)N2. The molecule has 0 radical (unpaired) electrons. The van der Waals surface area contributed by atoms with Gasteiger partial charge in [0.25, 0.3) is 0 Å². The lowest BCUT2D eigenvalue weighted by molar-refractivity contribution is -0.115. The molecule has 0 unspecified atom stereocenters. The number of benzene rings is 1. The zero-order chi connectivity index (χ0) is 12.4. The van der Waals surface area contributed by atoms with Crippen LogP contribution < -0.4 is 10.6 Å². The lowest BCUT2D eigenvalue weighted by atomic mass is 10.1. The fourth-order valence-corrected chi connectivity index (χ4v) is 1.61. The van der Waals surface area contributed by atoms with Gasteiger partial charge in [-0.2, -0.15) is 0 Å². The van der Waals surface area contributed by atoms with Crippen molar-refractivity contribution in [3.63, 3.8) is 0 Å². The Morgan fingerprint density at radius 3 is 2.88 bits per heavy atom. The van der Waals surface area contributed by atoms with Crippen molar-refractivity contribution in [2.75, 3.05) is 24.3 Å². The molecule has 2 rings (SSSR count). The number of halogens is 1. The van der Waals surface area contributed by atoms with Gasteiger partial charge >= 0.3 is 5.97 Å². The summed E-state index contributed by atoms with van der Waals surface area (Å²) in [5.41, 5.74) is 0.644. The van der Waals surface area contributed by atoms with Crippen LogP contribution in [0.4, 0.5) is 15.8 Å². The van der Waals surface area contributed by atoms with Crippen LogP contribution in [0.15, 0.2) is 12.1 Å². The number of fused-ring (bicyclic) bond motifs is 1. The summed E-state index contributed by atoms with van der Waals surface area (Å²) in [6.45, 7) is 0.426. The average Bonchev–Trinajstić information content (AvgIpc) is 2.48. The van der Waals surface area contributed by atoms with Gasteiger partial charge in [0.1, 0.15) is 5.82 Å². The van der Waals surface area contributed by atoms with Crippen LogP contribution in [0.3, 0.4) is 0 Å². The number of hydrogen-bond acceptors (Lipinski definition) is 4. The van der Waals surface area contributed by atoms with Crippen LogP contribution in [-0.2, 0) is 9.53 Å². The second-order valence-electron chi connectivity index (χ2n) is 3.59. The monoisotopic (exact) mass is 238 g/mol. The van der Waals surface area contributed by atoms with E-state index in [9.17, 15) is 14.0 Å². The molecule has 0 aromatic heterocycles. The van der Waals surface area contributed by atoms with Crippen molar-refractivity contribution >= 4 is 23.3 Å². The zero-order valence-corrected chi connectivity index (χ0v) is 9.17. The maximum Gasteiger partial charge on any atom is 0.340 e. The van der Waals surface area contributed by atoms with E-state index in [1.165, 1.54) is 19.2 Å². The molecule has 0 aliphatic carbocycles. The maximum atomic E-state index is 13.6. The topological polar surface area (TPSA) is 67.4 Å². The van der Waals surface area contributed by atoms with E-state index in [4.69, 9.17) is 0 Å². The number of rotatable bonds is 1. The molecule has 0 spiro atoms. The summed E-state index contributed by atoms with van der Waals surface area (Å²) < 4.78 is 18.0. The Balaban J connectivity index is 2.46. The van der Waals surface area contributed by atoms with Crippen LogP contribution in [0, 0.1) is 5.82 Å². The highest BCUT2D eigenvalue weighted by atomic mass is 19.1. The number of anilines is 2. The summed E-state index contributed by atoms with van der Waals surface area (Å²) >= 11 is 0. The predicted octanol–water partition coefficient (Wildman–Crippen LogP) is 1.37. The summed E-state index contributed by atoms with van der Waals surface area (Å²) in [6, 6.07) is 2.44. The van der Waals surface area contributed by atoms with E-state index in [1.54, 1.807) is 0 Å². The van der Waals surface area contributed by atoms with E-state index in [1.807, 2.05) is 0 Å². The van der Waals surface area contributed by atoms with E-state index in [0.29, 0.717) is 24.3 Å². The van der Waals surface area contributed by atoms with Gasteiger partial charge in [0, 0.05) is 13.0 Å². The van der Waals surface area contributed by atoms with Gasteiger partial charge < -0.3 is 15.4 Å². The third-order valence-electron chi connectivity index (χ3n) is 2.45. The third-order valence-corrected chi connectivity index (χ3v) is 2.45. The lowest BCUT2D eigenvalue weighted by Gasteiger charge is -2.10. The van der Waals surface area contributed by atoms with Crippen molar-refractivity contribution in [3.05, 3.63) is 23.5 Å². The third kappa shape index (κ3) is 2.20. The Morgan fingerprint density at radius 2 is 2.18 bits per heavy atom. The quantitative estimate of drug-likeness (QED) is 0.725. The highest BCUT2D eigenvalue weighted by Gasteiger charge is 2.19. The van der Waals surface area contributed by atoms with Gasteiger partial charge in [0.05, 0.1) is 24.0 Å². The molecular weight excluding hydrogens is 227 g/mol. The normalized spacial score (nSPS) is 14.1. The molecular formula is C11H11FN2O3. The molecule has 0 bridgehead atoms. The largest absolute Gasteiger partial charge is 0.465 e. The van der Waals surface area contributed by atoms with Crippen LogP contribution in [0.5, 0.6) is 0 Å². The second kappa shape index (κ2) is 4.40. The van der Waals surface area contributed by atoms with E-state index in [0.717, 1.165) is 0 Å². The van der Waals surface area contributed by atoms with Crippen LogP contribution in [0.2, 0.25) is 0 Å². The van der Waals surface area contributed by atoms with Gasteiger partial charge in [0.2, 0.25) is 5.91 Å². The smallest absolute Gasteiger partial charge is 0.340 e. The molecule has 1 amide bonds.